The molecule has 2 aromatic carbocycles. The quantitative estimate of drug-likeness (QED) is 0.580. The lowest BCUT2D eigenvalue weighted by molar-refractivity contribution is 0.0920. The molecule has 0 saturated carbocycles. The number of nitrogens with zero attached hydrogens (tertiary/aromatic N) is 1. The van der Waals surface area contributed by atoms with Crippen molar-refractivity contribution in [3.05, 3.63) is 71.4 Å². The van der Waals surface area contributed by atoms with E-state index in [0.29, 0.717) is 11.4 Å². The van der Waals surface area contributed by atoms with Crippen molar-refractivity contribution in [3.8, 4) is 0 Å². The summed E-state index contributed by atoms with van der Waals surface area (Å²) >= 11 is 0. The summed E-state index contributed by atoms with van der Waals surface area (Å²) in [5.41, 5.74) is 10.4. The van der Waals surface area contributed by atoms with E-state index in [4.69, 9.17) is 5.73 Å². The molecule has 1 aromatic heterocycles. The van der Waals surface area contributed by atoms with Crippen molar-refractivity contribution in [1.29, 1.82) is 0 Å². The van der Waals surface area contributed by atoms with Crippen LogP contribution in [0, 0.1) is 5.92 Å². The van der Waals surface area contributed by atoms with Gasteiger partial charge in [-0.15, -0.1) is 0 Å². The number of hydrogen-bond donors (Lipinski definition) is 1. The molecule has 0 unspecified atom stereocenters. The average molecular weight is 288 g/mol. The smallest absolute Gasteiger partial charge is 0.184 e. The van der Waals surface area contributed by atoms with Gasteiger partial charge in [0.1, 0.15) is 5.69 Å². The lowest BCUT2D eigenvalue weighted by Gasteiger charge is -2.08. The minimum absolute atomic E-state index is 0.0103. The maximum Gasteiger partial charge on any atom is 0.184 e. The second-order valence-corrected chi connectivity index (χ2v) is 5.89. The van der Waals surface area contributed by atoms with Crippen molar-refractivity contribution in [2.24, 2.45) is 5.92 Å². The van der Waals surface area contributed by atoms with E-state index in [0.717, 1.165) is 23.7 Å². The van der Waals surface area contributed by atoms with Crippen LogP contribution in [0.25, 0.3) is 10.9 Å². The maximum absolute atomic E-state index is 12.7. The highest BCUT2D eigenvalue weighted by Crippen LogP contribution is 2.29. The van der Waals surface area contributed by atoms with E-state index < -0.39 is 0 Å². The van der Waals surface area contributed by atoms with Gasteiger partial charge >= 0.3 is 0 Å². The van der Waals surface area contributed by atoms with E-state index in [1.807, 2.05) is 42.5 Å². The minimum atomic E-state index is 0.0103. The number of benzene rings is 2. The molecule has 22 heavy (non-hydrogen) atoms. The number of pyridine rings is 1. The maximum atomic E-state index is 12.7. The summed E-state index contributed by atoms with van der Waals surface area (Å²) in [4.78, 5) is 17.3. The van der Waals surface area contributed by atoms with Crippen LogP contribution in [0.15, 0.2) is 54.6 Å². The molecule has 0 aliphatic heterocycles. The van der Waals surface area contributed by atoms with Crippen molar-refractivity contribution in [3.63, 3.8) is 0 Å². The molecule has 0 fully saturated rings. The van der Waals surface area contributed by atoms with Gasteiger partial charge in [0.05, 0.1) is 5.52 Å². The van der Waals surface area contributed by atoms with Crippen LogP contribution in [-0.4, -0.2) is 10.8 Å². The number of aromatic nitrogens is 1. The van der Waals surface area contributed by atoms with Crippen molar-refractivity contribution in [2.75, 3.05) is 5.73 Å². The van der Waals surface area contributed by atoms with Gasteiger partial charge in [0.2, 0.25) is 0 Å². The highest BCUT2D eigenvalue weighted by molar-refractivity contribution is 5.99. The molecule has 2 N–H and O–H groups in total. The van der Waals surface area contributed by atoms with E-state index in [2.05, 4.69) is 17.1 Å². The Kier molecular flexibility index (Phi) is 2.93. The van der Waals surface area contributed by atoms with Crippen LogP contribution in [-0.2, 0) is 12.8 Å². The molecule has 0 radical (unpaired) electrons. The molecular weight excluding hydrogens is 272 g/mol. The van der Waals surface area contributed by atoms with Crippen LogP contribution in [0.3, 0.4) is 0 Å². The molecule has 0 amide bonds. The predicted octanol–water partition coefficient (Wildman–Crippen LogP) is 3.41. The zero-order chi connectivity index (χ0) is 15.1. The molecule has 1 heterocycles. The molecular formula is C19H16N2O. The summed E-state index contributed by atoms with van der Waals surface area (Å²) in [5.74, 6) is 0.144. The van der Waals surface area contributed by atoms with Gasteiger partial charge < -0.3 is 5.73 Å². The summed E-state index contributed by atoms with van der Waals surface area (Å²) in [6.45, 7) is 0. The number of fused-ring (bicyclic) bond motifs is 2. The number of ketones is 1. The summed E-state index contributed by atoms with van der Waals surface area (Å²) in [7, 11) is 0. The number of rotatable bonds is 2. The number of nitrogens with two attached hydrogens (primary N) is 1. The Morgan fingerprint density at radius 2 is 1.73 bits per heavy atom. The van der Waals surface area contributed by atoms with Gasteiger partial charge in [0, 0.05) is 17.0 Å². The van der Waals surface area contributed by atoms with Gasteiger partial charge in [-0.05, 0) is 48.2 Å². The minimum Gasteiger partial charge on any atom is -0.399 e. The Balaban J connectivity index is 1.65. The van der Waals surface area contributed by atoms with Gasteiger partial charge in [0.15, 0.2) is 5.78 Å². The van der Waals surface area contributed by atoms with Crippen LogP contribution in [0.1, 0.15) is 21.6 Å². The fourth-order valence-corrected chi connectivity index (χ4v) is 3.23. The fourth-order valence-electron chi connectivity index (χ4n) is 3.23. The molecule has 0 bridgehead atoms. The Hall–Kier alpha value is -2.68. The average Bonchev–Trinajstić information content (AvgIpc) is 2.97. The van der Waals surface area contributed by atoms with Gasteiger partial charge in [-0.2, -0.15) is 0 Å². The van der Waals surface area contributed by atoms with Gasteiger partial charge in [0.25, 0.3) is 0 Å². The highest BCUT2D eigenvalue weighted by atomic mass is 16.1. The van der Waals surface area contributed by atoms with Gasteiger partial charge in [-0.3, -0.25) is 4.79 Å². The fraction of sp³-hybridized carbons (Fsp3) is 0.158. The summed E-state index contributed by atoms with van der Waals surface area (Å²) in [6, 6.07) is 17.6. The molecule has 108 valence electrons. The lowest BCUT2D eigenvalue weighted by atomic mass is 9.97. The Labute approximate surface area is 128 Å². The second kappa shape index (κ2) is 4.95. The molecule has 0 atom stereocenters. The van der Waals surface area contributed by atoms with Crippen LogP contribution in [0.5, 0.6) is 0 Å². The molecule has 1 aliphatic carbocycles. The molecule has 4 rings (SSSR count). The molecule has 0 spiro atoms. The van der Waals surface area contributed by atoms with E-state index >= 15 is 0 Å². The second-order valence-electron chi connectivity index (χ2n) is 5.89. The molecule has 0 saturated heterocycles. The van der Waals surface area contributed by atoms with E-state index in [-0.39, 0.29) is 11.7 Å². The summed E-state index contributed by atoms with van der Waals surface area (Å²) < 4.78 is 0. The molecule has 3 nitrogen and oxygen atoms in total. The zero-order valence-electron chi connectivity index (χ0n) is 12.1. The van der Waals surface area contributed by atoms with Gasteiger partial charge in [-0.1, -0.05) is 30.3 Å². The van der Waals surface area contributed by atoms with Crippen LogP contribution >= 0.6 is 0 Å². The zero-order valence-corrected chi connectivity index (χ0v) is 12.1. The highest BCUT2D eigenvalue weighted by Gasteiger charge is 2.28. The SMILES string of the molecule is Nc1ccc2nc(C(=O)C3Cc4ccccc4C3)ccc2c1. The molecule has 3 aromatic rings. The van der Waals surface area contributed by atoms with Crippen LogP contribution in [0.4, 0.5) is 5.69 Å². The Bertz CT molecular complexity index is 860. The predicted molar refractivity (Wildman–Crippen MR) is 87.8 cm³/mol. The number of hydrogen-bond acceptors (Lipinski definition) is 3. The number of carbonyl (C=O) groups is 1. The van der Waals surface area contributed by atoms with E-state index in [1.165, 1.54) is 11.1 Å². The van der Waals surface area contributed by atoms with Gasteiger partial charge in [-0.25, -0.2) is 4.98 Å². The van der Waals surface area contributed by atoms with Crippen molar-refractivity contribution >= 4 is 22.4 Å². The van der Waals surface area contributed by atoms with Crippen molar-refractivity contribution < 1.29 is 4.79 Å². The standard InChI is InChI=1S/C19H16N2O/c20-16-6-8-17-14(11-16)5-7-18(21-17)19(22)15-9-12-3-1-2-4-13(12)10-15/h1-8,11,15H,9-10,20H2. The van der Waals surface area contributed by atoms with Crippen LogP contribution in [0.2, 0.25) is 0 Å². The first-order valence-corrected chi connectivity index (χ1v) is 7.48. The van der Waals surface area contributed by atoms with E-state index in [1.54, 1.807) is 0 Å². The number of Topliss-reactive ketones (excluding diaryl/α,β-unsaturated/α-hetero) is 1. The Morgan fingerprint density at radius 3 is 2.45 bits per heavy atom. The Morgan fingerprint density at radius 1 is 1.00 bits per heavy atom. The first kappa shape index (κ1) is 13.0. The monoisotopic (exact) mass is 288 g/mol. The summed E-state index contributed by atoms with van der Waals surface area (Å²) in [6.07, 6.45) is 1.63. The number of nitrogen functional groups attached to an aromatic ring is 1. The molecule has 1 aliphatic rings. The number of carbonyl (C=O) groups excluding carboxylic acids is 1. The third kappa shape index (κ3) is 2.15. The van der Waals surface area contributed by atoms with Crippen molar-refractivity contribution in [1.82, 2.24) is 4.98 Å². The third-order valence-electron chi connectivity index (χ3n) is 4.39. The first-order chi connectivity index (χ1) is 10.7. The van der Waals surface area contributed by atoms with E-state index in [9.17, 15) is 4.79 Å². The normalized spacial score (nSPS) is 14.2. The van der Waals surface area contributed by atoms with Crippen molar-refractivity contribution in [2.45, 2.75) is 12.8 Å². The van der Waals surface area contributed by atoms with Crippen LogP contribution < -0.4 is 5.73 Å². The first-order valence-electron chi connectivity index (χ1n) is 7.48. The summed E-state index contributed by atoms with van der Waals surface area (Å²) in [5, 5.41) is 0.964. The largest absolute Gasteiger partial charge is 0.399 e. The lowest BCUT2D eigenvalue weighted by Crippen LogP contribution is -2.16. The number of anilines is 1. The third-order valence-corrected chi connectivity index (χ3v) is 4.39. The topological polar surface area (TPSA) is 56.0 Å². The molecule has 3 heteroatoms.